The molecule has 90 valence electrons. The molecule has 15 heavy (non-hydrogen) atoms. The highest BCUT2D eigenvalue weighted by Crippen LogP contribution is 2.11. The van der Waals surface area contributed by atoms with Crippen LogP contribution in [-0.4, -0.2) is 45.4 Å². The third-order valence-electron chi connectivity index (χ3n) is 2.72. The Kier molecular flexibility index (Phi) is 4.98. The van der Waals surface area contributed by atoms with Crippen LogP contribution in [0.3, 0.4) is 0 Å². The van der Waals surface area contributed by atoms with Gasteiger partial charge in [0.15, 0.2) is 0 Å². The molecular weight excluding hydrogens is 214 g/mol. The molecule has 2 N–H and O–H groups in total. The van der Waals surface area contributed by atoms with Gasteiger partial charge in [0.05, 0.1) is 0 Å². The summed E-state index contributed by atoms with van der Waals surface area (Å²) >= 11 is 0. The van der Waals surface area contributed by atoms with Crippen molar-refractivity contribution >= 4 is 10.2 Å². The van der Waals surface area contributed by atoms with Crippen molar-refractivity contribution in [1.29, 1.82) is 0 Å². The fraction of sp³-hybridized carbons (Fsp3) is 1.00. The number of nitrogens with zero attached hydrogens (tertiary/aromatic N) is 1. The summed E-state index contributed by atoms with van der Waals surface area (Å²) in [4.78, 5) is 0. The van der Waals surface area contributed by atoms with Crippen LogP contribution >= 0.6 is 0 Å². The van der Waals surface area contributed by atoms with Gasteiger partial charge >= 0.3 is 0 Å². The van der Waals surface area contributed by atoms with Crippen molar-refractivity contribution in [3.8, 4) is 0 Å². The highest BCUT2D eigenvalue weighted by atomic mass is 32.2. The number of hydrogen-bond acceptors (Lipinski definition) is 3. The van der Waals surface area contributed by atoms with Gasteiger partial charge in [-0.15, -0.1) is 0 Å². The van der Waals surface area contributed by atoms with Gasteiger partial charge < -0.3 is 5.32 Å². The van der Waals surface area contributed by atoms with Crippen LogP contribution in [-0.2, 0) is 10.2 Å². The summed E-state index contributed by atoms with van der Waals surface area (Å²) < 4.78 is 27.7. The molecule has 0 aliphatic carbocycles. The van der Waals surface area contributed by atoms with E-state index < -0.39 is 10.2 Å². The van der Waals surface area contributed by atoms with E-state index in [2.05, 4.69) is 10.0 Å². The largest absolute Gasteiger partial charge is 0.316 e. The van der Waals surface area contributed by atoms with Crippen LogP contribution in [0.2, 0.25) is 0 Å². The van der Waals surface area contributed by atoms with Gasteiger partial charge in [-0.25, -0.2) is 4.72 Å². The predicted octanol–water partition coefficient (Wildman–Crippen LogP) is -0.0854. The molecule has 5 nitrogen and oxygen atoms in total. The Morgan fingerprint density at radius 3 is 2.40 bits per heavy atom. The van der Waals surface area contributed by atoms with Crippen molar-refractivity contribution in [3.63, 3.8) is 0 Å². The summed E-state index contributed by atoms with van der Waals surface area (Å²) in [6.45, 7) is 3.70. The Hall–Kier alpha value is -0.170. The molecule has 0 aromatic rings. The molecule has 1 saturated heterocycles. The Bertz CT molecular complexity index is 273. The number of hydrogen-bond donors (Lipinski definition) is 2. The van der Waals surface area contributed by atoms with E-state index in [9.17, 15) is 8.42 Å². The van der Waals surface area contributed by atoms with Crippen LogP contribution in [0.4, 0.5) is 0 Å². The van der Waals surface area contributed by atoms with Gasteiger partial charge in [0.2, 0.25) is 0 Å². The van der Waals surface area contributed by atoms with Gasteiger partial charge in [0, 0.05) is 25.7 Å². The van der Waals surface area contributed by atoms with Gasteiger partial charge in [-0.2, -0.15) is 12.7 Å². The zero-order valence-corrected chi connectivity index (χ0v) is 10.3. The summed E-state index contributed by atoms with van der Waals surface area (Å²) in [6.07, 6.45) is 3.09. The molecule has 0 bridgehead atoms. The number of piperidine rings is 1. The SMILES string of the molecule is CNC(C)CNS(=O)(=O)N1CCCCC1. The van der Waals surface area contributed by atoms with Gasteiger partial charge in [-0.1, -0.05) is 6.42 Å². The van der Waals surface area contributed by atoms with E-state index in [1.54, 1.807) is 4.31 Å². The third-order valence-corrected chi connectivity index (χ3v) is 4.30. The normalized spacial score (nSPS) is 21.5. The predicted molar refractivity (Wildman–Crippen MR) is 60.9 cm³/mol. The van der Waals surface area contributed by atoms with Gasteiger partial charge in [0.25, 0.3) is 10.2 Å². The number of likely N-dealkylation sites (N-methyl/N-ethyl adjacent to an activating group) is 1. The molecule has 1 rings (SSSR count). The first-order valence-electron chi connectivity index (χ1n) is 5.48. The molecule has 0 amide bonds. The average molecular weight is 235 g/mol. The minimum Gasteiger partial charge on any atom is -0.316 e. The van der Waals surface area contributed by atoms with Gasteiger partial charge in [-0.05, 0) is 26.8 Å². The quantitative estimate of drug-likeness (QED) is 0.700. The fourth-order valence-corrected chi connectivity index (χ4v) is 2.91. The van der Waals surface area contributed by atoms with Crippen LogP contribution in [0.25, 0.3) is 0 Å². The third kappa shape index (κ3) is 4.06. The second-order valence-corrected chi connectivity index (χ2v) is 5.76. The molecule has 1 fully saturated rings. The monoisotopic (exact) mass is 235 g/mol. The van der Waals surface area contributed by atoms with Crippen LogP contribution in [0.5, 0.6) is 0 Å². The van der Waals surface area contributed by atoms with E-state index in [4.69, 9.17) is 0 Å². The lowest BCUT2D eigenvalue weighted by Gasteiger charge is -2.26. The van der Waals surface area contributed by atoms with Crippen LogP contribution in [0, 0.1) is 0 Å². The zero-order chi connectivity index (χ0) is 11.3. The summed E-state index contributed by atoms with van der Waals surface area (Å²) in [5, 5.41) is 2.99. The van der Waals surface area contributed by atoms with Crippen LogP contribution < -0.4 is 10.0 Å². The maximum absolute atomic E-state index is 11.8. The molecule has 0 spiro atoms. The average Bonchev–Trinajstić information content (AvgIpc) is 2.27. The lowest BCUT2D eigenvalue weighted by Crippen LogP contribution is -2.46. The lowest BCUT2D eigenvalue weighted by molar-refractivity contribution is 0.340. The van der Waals surface area contributed by atoms with Crippen LogP contribution in [0.15, 0.2) is 0 Å². The molecule has 1 aliphatic rings. The van der Waals surface area contributed by atoms with E-state index in [1.165, 1.54) is 0 Å². The second kappa shape index (κ2) is 5.79. The van der Waals surface area contributed by atoms with E-state index in [0.717, 1.165) is 19.3 Å². The highest BCUT2D eigenvalue weighted by molar-refractivity contribution is 7.87. The van der Waals surface area contributed by atoms with Gasteiger partial charge in [0.1, 0.15) is 0 Å². The first-order valence-corrected chi connectivity index (χ1v) is 6.92. The van der Waals surface area contributed by atoms with Crippen molar-refractivity contribution in [2.45, 2.75) is 32.2 Å². The molecular formula is C9H21N3O2S. The molecule has 1 unspecified atom stereocenters. The fourth-order valence-electron chi connectivity index (χ4n) is 1.53. The van der Waals surface area contributed by atoms with Crippen molar-refractivity contribution in [3.05, 3.63) is 0 Å². The Labute approximate surface area is 92.4 Å². The maximum Gasteiger partial charge on any atom is 0.279 e. The minimum absolute atomic E-state index is 0.157. The topological polar surface area (TPSA) is 61.4 Å². The summed E-state index contributed by atoms with van der Waals surface area (Å²) in [7, 11) is -1.43. The molecule has 0 radical (unpaired) electrons. The number of nitrogens with one attached hydrogen (secondary N) is 2. The van der Waals surface area contributed by atoms with Gasteiger partial charge in [-0.3, -0.25) is 0 Å². The molecule has 1 aliphatic heterocycles. The van der Waals surface area contributed by atoms with Crippen molar-refractivity contribution < 1.29 is 8.42 Å². The standard InChI is InChI=1S/C9H21N3O2S/c1-9(10-2)8-11-15(13,14)12-6-4-3-5-7-12/h9-11H,3-8H2,1-2H3. The van der Waals surface area contributed by atoms with E-state index in [0.29, 0.717) is 19.6 Å². The van der Waals surface area contributed by atoms with Crippen molar-refractivity contribution in [2.24, 2.45) is 0 Å². The Balaban J connectivity index is 2.43. The lowest BCUT2D eigenvalue weighted by atomic mass is 10.2. The van der Waals surface area contributed by atoms with Crippen LogP contribution in [0.1, 0.15) is 26.2 Å². The number of rotatable bonds is 5. The Morgan fingerprint density at radius 1 is 1.27 bits per heavy atom. The second-order valence-electron chi connectivity index (χ2n) is 4.00. The molecule has 1 heterocycles. The van der Waals surface area contributed by atoms with Crippen molar-refractivity contribution in [1.82, 2.24) is 14.3 Å². The summed E-state index contributed by atoms with van der Waals surface area (Å²) in [5.41, 5.74) is 0. The summed E-state index contributed by atoms with van der Waals surface area (Å²) in [5.74, 6) is 0. The first kappa shape index (κ1) is 12.9. The minimum atomic E-state index is -3.25. The smallest absolute Gasteiger partial charge is 0.279 e. The van der Waals surface area contributed by atoms with E-state index in [1.807, 2.05) is 14.0 Å². The van der Waals surface area contributed by atoms with Crippen molar-refractivity contribution in [2.75, 3.05) is 26.7 Å². The molecule has 6 heteroatoms. The molecule has 0 aromatic carbocycles. The van der Waals surface area contributed by atoms with E-state index in [-0.39, 0.29) is 6.04 Å². The molecule has 0 aromatic heterocycles. The van der Waals surface area contributed by atoms with E-state index >= 15 is 0 Å². The summed E-state index contributed by atoms with van der Waals surface area (Å²) in [6, 6.07) is 0.157. The maximum atomic E-state index is 11.8. The zero-order valence-electron chi connectivity index (χ0n) is 9.49. The molecule has 1 atom stereocenters. The first-order chi connectivity index (χ1) is 7.06. The molecule has 0 saturated carbocycles. The Morgan fingerprint density at radius 2 is 1.87 bits per heavy atom. The highest BCUT2D eigenvalue weighted by Gasteiger charge is 2.23.